The highest BCUT2D eigenvalue weighted by Crippen LogP contribution is 2.42. The number of ether oxygens (including phenoxy) is 1. The third-order valence-corrected chi connectivity index (χ3v) is 11.0. The summed E-state index contributed by atoms with van der Waals surface area (Å²) in [5, 5.41) is 15.4. The zero-order chi connectivity index (χ0) is 35.4. The number of aromatic nitrogens is 3. The first-order valence-corrected chi connectivity index (χ1v) is 18.0. The van der Waals surface area contributed by atoms with E-state index in [1.165, 1.54) is 24.3 Å². The van der Waals surface area contributed by atoms with Gasteiger partial charge in [0, 0.05) is 55.5 Å². The number of rotatable bonds is 7. The molecule has 8 rings (SSSR count). The van der Waals surface area contributed by atoms with Gasteiger partial charge in [0.25, 0.3) is 0 Å². The lowest BCUT2D eigenvalue weighted by Crippen LogP contribution is -2.51. The molecule has 4 aromatic rings. The summed E-state index contributed by atoms with van der Waals surface area (Å²) in [4.78, 5) is 18.7. The molecule has 4 fully saturated rings. The van der Waals surface area contributed by atoms with E-state index in [2.05, 4.69) is 46.7 Å². The largest absolute Gasteiger partial charge is 0.508 e. The molecule has 2 unspecified atom stereocenters. The Morgan fingerprint density at radius 3 is 2.67 bits per heavy atom. The van der Waals surface area contributed by atoms with Crippen LogP contribution in [0.25, 0.3) is 32.9 Å². The van der Waals surface area contributed by atoms with Gasteiger partial charge in [-0.3, -0.25) is 4.90 Å². The van der Waals surface area contributed by atoms with Crippen molar-refractivity contribution in [1.82, 2.24) is 25.2 Å². The molecule has 2 bridgehead atoms. The van der Waals surface area contributed by atoms with Crippen LogP contribution in [0.15, 0.2) is 24.3 Å². The van der Waals surface area contributed by atoms with Gasteiger partial charge in [-0.15, -0.1) is 6.42 Å². The summed E-state index contributed by atoms with van der Waals surface area (Å²) in [5.41, 5.74) is -0.372. The van der Waals surface area contributed by atoms with Gasteiger partial charge in [-0.25, -0.2) is 18.2 Å². The van der Waals surface area contributed by atoms with Crippen LogP contribution in [0.1, 0.15) is 70.1 Å². The SMILES string of the molecule is C#Cc1c(F)ccc2cc(O)cc(-c3nc(C#CCCC(C)C)c4c(N5CC6CCC(C5)N6)nc(OC[C@@]56CCCN5C[C@H](F)C6)nc4c3F)c12. The Morgan fingerprint density at radius 1 is 1.10 bits per heavy atom. The van der Waals surface area contributed by atoms with E-state index in [-0.39, 0.29) is 63.9 Å². The van der Waals surface area contributed by atoms with Gasteiger partial charge in [-0.1, -0.05) is 31.8 Å². The van der Waals surface area contributed by atoms with Crippen molar-refractivity contribution in [3.63, 3.8) is 0 Å². The average Bonchev–Trinajstić information content (AvgIpc) is 3.76. The highest BCUT2D eigenvalue weighted by molar-refractivity contribution is 6.04. The molecule has 2 aromatic heterocycles. The number of piperazine rings is 1. The number of nitrogens with zero attached hydrogens (tertiary/aromatic N) is 5. The van der Waals surface area contributed by atoms with Crippen LogP contribution in [0.3, 0.4) is 0 Å². The predicted molar refractivity (Wildman–Crippen MR) is 191 cm³/mol. The van der Waals surface area contributed by atoms with Gasteiger partial charge in [0.05, 0.1) is 16.5 Å². The van der Waals surface area contributed by atoms with E-state index in [0.29, 0.717) is 55.0 Å². The van der Waals surface area contributed by atoms with Crippen LogP contribution in [-0.2, 0) is 0 Å². The number of nitrogens with one attached hydrogen (secondary N) is 1. The van der Waals surface area contributed by atoms with Gasteiger partial charge in [-0.2, -0.15) is 9.97 Å². The number of benzene rings is 2. The first-order valence-electron chi connectivity index (χ1n) is 18.0. The molecule has 4 saturated heterocycles. The summed E-state index contributed by atoms with van der Waals surface area (Å²) in [6.07, 6.45) is 10.5. The molecule has 4 aliphatic heterocycles. The van der Waals surface area contributed by atoms with Crippen molar-refractivity contribution in [2.45, 2.75) is 82.6 Å². The molecule has 4 atom stereocenters. The summed E-state index contributed by atoms with van der Waals surface area (Å²) in [7, 11) is 0. The Kier molecular flexibility index (Phi) is 8.68. The van der Waals surface area contributed by atoms with Gasteiger partial charge in [0.1, 0.15) is 47.1 Å². The lowest BCUT2D eigenvalue weighted by atomic mass is 9.95. The second-order valence-corrected chi connectivity index (χ2v) is 15.0. The molecule has 0 amide bonds. The minimum Gasteiger partial charge on any atom is -0.508 e. The molecule has 0 radical (unpaired) electrons. The van der Waals surface area contributed by atoms with Gasteiger partial charge in [0.2, 0.25) is 0 Å². The van der Waals surface area contributed by atoms with E-state index in [9.17, 15) is 9.50 Å². The number of aromatic hydroxyl groups is 1. The Hall–Kier alpha value is -4.58. The highest BCUT2D eigenvalue weighted by Gasteiger charge is 2.49. The second kappa shape index (κ2) is 13.2. The standard InChI is InChI=1S/C40H41F3N6O2/c1-4-29-31(42)13-10-24-16-28(50)17-30(33(24)29)36-35(43)37-34(32(45-36)9-6-5-8-23(2)3)38(48-20-26-11-12-27(21-48)44-26)47-39(46-37)51-22-40-14-7-15-49(40)19-25(41)18-40/h1,10,13,16-17,23,25-27,44,50H,5,7-8,11-12,14-15,18-22H2,2-3H3/t25-,26?,27?,40+/m1/s1. The highest BCUT2D eigenvalue weighted by atomic mass is 19.1. The Morgan fingerprint density at radius 2 is 1.90 bits per heavy atom. The van der Waals surface area contributed by atoms with E-state index < -0.39 is 23.3 Å². The van der Waals surface area contributed by atoms with Crippen molar-refractivity contribution in [3.05, 3.63) is 47.2 Å². The summed E-state index contributed by atoms with van der Waals surface area (Å²) in [6.45, 7) is 6.89. The van der Waals surface area contributed by atoms with Crippen molar-refractivity contribution in [3.8, 4) is 47.2 Å². The number of phenols is 1. The molecule has 264 valence electrons. The number of fused-ring (bicyclic) bond motifs is 5. The molecule has 0 saturated carbocycles. The minimum atomic E-state index is -0.934. The number of hydrogen-bond acceptors (Lipinski definition) is 8. The van der Waals surface area contributed by atoms with E-state index in [1.807, 2.05) is 0 Å². The fourth-order valence-corrected chi connectivity index (χ4v) is 8.57. The first-order chi connectivity index (χ1) is 24.6. The van der Waals surface area contributed by atoms with Crippen molar-refractivity contribution < 1.29 is 23.0 Å². The second-order valence-electron chi connectivity index (χ2n) is 15.0. The normalized spacial score (nSPS) is 24.3. The van der Waals surface area contributed by atoms with Crippen LogP contribution >= 0.6 is 0 Å². The predicted octanol–water partition coefficient (Wildman–Crippen LogP) is 6.49. The summed E-state index contributed by atoms with van der Waals surface area (Å²) >= 11 is 0. The molecule has 11 heteroatoms. The molecule has 4 aliphatic rings. The molecule has 0 aliphatic carbocycles. The molecule has 0 spiro atoms. The maximum atomic E-state index is 17.4. The molecule has 2 N–H and O–H groups in total. The van der Waals surface area contributed by atoms with Crippen LogP contribution in [0.4, 0.5) is 19.0 Å². The number of terminal acetylenes is 1. The van der Waals surface area contributed by atoms with Crippen LogP contribution in [0.5, 0.6) is 11.8 Å². The van der Waals surface area contributed by atoms with Crippen molar-refractivity contribution in [2.24, 2.45) is 5.92 Å². The zero-order valence-electron chi connectivity index (χ0n) is 28.9. The molecule has 6 heterocycles. The van der Waals surface area contributed by atoms with Crippen LogP contribution in [0, 0.1) is 41.7 Å². The molecular weight excluding hydrogens is 653 g/mol. The lowest BCUT2D eigenvalue weighted by Gasteiger charge is -2.35. The number of pyridine rings is 1. The number of anilines is 1. The van der Waals surface area contributed by atoms with E-state index in [0.717, 1.165) is 38.6 Å². The number of phenolic OH excluding ortho intramolecular Hbond substituents is 1. The third kappa shape index (κ3) is 6.11. The molecule has 51 heavy (non-hydrogen) atoms. The van der Waals surface area contributed by atoms with Crippen LogP contribution < -0.4 is 15.0 Å². The molecule has 8 nitrogen and oxygen atoms in total. The van der Waals surface area contributed by atoms with Gasteiger partial charge in [-0.05, 0) is 74.1 Å². The summed E-state index contributed by atoms with van der Waals surface area (Å²) in [5.74, 6) is 8.16. The van der Waals surface area contributed by atoms with Crippen molar-refractivity contribution >= 4 is 27.5 Å². The fourth-order valence-electron chi connectivity index (χ4n) is 8.57. The lowest BCUT2D eigenvalue weighted by molar-refractivity contribution is 0.107. The van der Waals surface area contributed by atoms with Crippen LogP contribution in [-0.4, -0.2) is 81.5 Å². The summed E-state index contributed by atoms with van der Waals surface area (Å²) in [6, 6.07) is 5.98. The van der Waals surface area contributed by atoms with E-state index in [4.69, 9.17) is 26.1 Å². The molecular formula is C40H41F3N6O2. The first kappa shape index (κ1) is 33.6. The monoisotopic (exact) mass is 694 g/mol. The Balaban J connectivity index is 1.35. The number of hydrogen-bond donors (Lipinski definition) is 2. The fraction of sp³-hybridized carbons (Fsp3) is 0.475. The molecule has 2 aromatic carbocycles. The maximum Gasteiger partial charge on any atom is 0.319 e. The van der Waals surface area contributed by atoms with Gasteiger partial charge in [0.15, 0.2) is 5.82 Å². The van der Waals surface area contributed by atoms with Gasteiger partial charge < -0.3 is 20.1 Å². The zero-order valence-corrected chi connectivity index (χ0v) is 28.9. The van der Waals surface area contributed by atoms with Crippen LogP contribution in [0.2, 0.25) is 0 Å². The Bertz CT molecular complexity index is 2130. The van der Waals surface area contributed by atoms with E-state index >= 15 is 8.78 Å². The summed E-state index contributed by atoms with van der Waals surface area (Å²) < 4.78 is 53.5. The topological polar surface area (TPSA) is 86.6 Å². The Labute approximate surface area is 295 Å². The average molecular weight is 695 g/mol. The maximum absolute atomic E-state index is 17.4. The number of alkyl halides is 1. The smallest absolute Gasteiger partial charge is 0.319 e. The number of halogens is 3. The van der Waals surface area contributed by atoms with Crippen molar-refractivity contribution in [1.29, 1.82) is 0 Å². The quantitative estimate of drug-likeness (QED) is 0.213. The van der Waals surface area contributed by atoms with E-state index in [1.54, 1.807) is 0 Å². The van der Waals surface area contributed by atoms with Crippen molar-refractivity contribution in [2.75, 3.05) is 37.7 Å². The van der Waals surface area contributed by atoms with Gasteiger partial charge >= 0.3 is 6.01 Å². The third-order valence-electron chi connectivity index (χ3n) is 11.0. The minimum absolute atomic E-state index is 0.0159.